The number of aliphatic hydroxyl groups excluding tert-OH is 1. The third-order valence-electron chi connectivity index (χ3n) is 3.41. The number of furan rings is 1. The SMILES string of the molecule is Cc1oc(C(=O)NCCc2ccc(OC(C)C)cc2)cc1CO. The van der Waals surface area contributed by atoms with Crippen LogP contribution in [0.25, 0.3) is 0 Å². The van der Waals surface area contributed by atoms with Crippen LogP contribution in [0.2, 0.25) is 0 Å². The monoisotopic (exact) mass is 317 g/mol. The second-order valence-corrected chi connectivity index (χ2v) is 5.67. The van der Waals surface area contributed by atoms with Gasteiger partial charge in [0.25, 0.3) is 5.91 Å². The zero-order valence-corrected chi connectivity index (χ0v) is 13.8. The van der Waals surface area contributed by atoms with Crippen LogP contribution in [0.5, 0.6) is 5.75 Å². The number of aryl methyl sites for hydroxylation is 1. The number of carbonyl (C=O) groups is 1. The Morgan fingerprint density at radius 3 is 2.57 bits per heavy atom. The lowest BCUT2D eigenvalue weighted by Gasteiger charge is -2.10. The van der Waals surface area contributed by atoms with Crippen molar-refractivity contribution in [2.75, 3.05) is 6.54 Å². The van der Waals surface area contributed by atoms with Gasteiger partial charge in [-0.25, -0.2) is 0 Å². The van der Waals surface area contributed by atoms with Gasteiger partial charge in [-0.05, 0) is 51.0 Å². The van der Waals surface area contributed by atoms with E-state index in [1.807, 2.05) is 38.1 Å². The number of amides is 1. The molecule has 1 aromatic carbocycles. The fraction of sp³-hybridized carbons (Fsp3) is 0.389. The van der Waals surface area contributed by atoms with Crippen LogP contribution in [0.1, 0.15) is 41.3 Å². The van der Waals surface area contributed by atoms with Crippen molar-refractivity contribution in [1.82, 2.24) is 5.32 Å². The van der Waals surface area contributed by atoms with E-state index in [-0.39, 0.29) is 24.4 Å². The van der Waals surface area contributed by atoms with Gasteiger partial charge in [0.15, 0.2) is 5.76 Å². The summed E-state index contributed by atoms with van der Waals surface area (Å²) in [6.07, 6.45) is 0.876. The molecule has 0 bridgehead atoms. The van der Waals surface area contributed by atoms with Crippen LogP contribution in [0, 0.1) is 6.92 Å². The molecular weight excluding hydrogens is 294 g/mol. The van der Waals surface area contributed by atoms with Gasteiger partial charge >= 0.3 is 0 Å². The van der Waals surface area contributed by atoms with Crippen LogP contribution in [0.15, 0.2) is 34.7 Å². The lowest BCUT2D eigenvalue weighted by molar-refractivity contribution is 0.0925. The Kier molecular flexibility index (Phi) is 5.82. The maximum Gasteiger partial charge on any atom is 0.287 e. The third-order valence-corrected chi connectivity index (χ3v) is 3.41. The minimum absolute atomic E-state index is 0.132. The van der Waals surface area contributed by atoms with Crippen LogP contribution < -0.4 is 10.1 Å². The van der Waals surface area contributed by atoms with Crippen molar-refractivity contribution < 1.29 is 19.1 Å². The second kappa shape index (κ2) is 7.83. The van der Waals surface area contributed by atoms with Gasteiger partial charge in [0, 0.05) is 12.1 Å². The highest BCUT2D eigenvalue weighted by atomic mass is 16.5. The van der Waals surface area contributed by atoms with Crippen molar-refractivity contribution >= 4 is 5.91 Å². The predicted octanol–water partition coefficient (Wildman–Crippen LogP) is 2.84. The molecule has 23 heavy (non-hydrogen) atoms. The van der Waals surface area contributed by atoms with Crippen molar-refractivity contribution in [2.24, 2.45) is 0 Å². The molecule has 0 saturated carbocycles. The van der Waals surface area contributed by atoms with E-state index in [4.69, 9.17) is 14.3 Å². The van der Waals surface area contributed by atoms with E-state index in [1.165, 1.54) is 0 Å². The molecule has 0 aliphatic rings. The first-order chi connectivity index (χ1) is 11.0. The zero-order valence-electron chi connectivity index (χ0n) is 13.8. The van der Waals surface area contributed by atoms with Gasteiger partial charge in [-0.3, -0.25) is 4.79 Å². The summed E-state index contributed by atoms with van der Waals surface area (Å²) in [4.78, 5) is 12.0. The maximum atomic E-state index is 12.0. The van der Waals surface area contributed by atoms with Crippen molar-refractivity contribution in [1.29, 1.82) is 0 Å². The summed E-state index contributed by atoms with van der Waals surface area (Å²) in [5.74, 6) is 1.37. The summed E-state index contributed by atoms with van der Waals surface area (Å²) in [6, 6.07) is 9.42. The van der Waals surface area contributed by atoms with Crippen molar-refractivity contribution in [3.05, 3.63) is 53.0 Å². The number of ether oxygens (including phenoxy) is 1. The highest BCUT2D eigenvalue weighted by molar-refractivity contribution is 5.91. The van der Waals surface area contributed by atoms with Crippen LogP contribution in [-0.4, -0.2) is 23.7 Å². The maximum absolute atomic E-state index is 12.0. The average Bonchev–Trinajstić information content (AvgIpc) is 2.89. The molecule has 2 rings (SSSR count). The topological polar surface area (TPSA) is 71.7 Å². The Morgan fingerprint density at radius 1 is 1.30 bits per heavy atom. The number of benzene rings is 1. The van der Waals surface area contributed by atoms with Crippen molar-refractivity contribution in [3.8, 4) is 5.75 Å². The number of nitrogens with one attached hydrogen (secondary N) is 1. The smallest absolute Gasteiger partial charge is 0.287 e. The lowest BCUT2D eigenvalue weighted by Crippen LogP contribution is -2.25. The Hall–Kier alpha value is -2.27. The second-order valence-electron chi connectivity index (χ2n) is 5.67. The molecule has 0 radical (unpaired) electrons. The summed E-state index contributed by atoms with van der Waals surface area (Å²) in [5.41, 5.74) is 1.75. The molecule has 0 aliphatic carbocycles. The van der Waals surface area contributed by atoms with Gasteiger partial charge in [-0.2, -0.15) is 0 Å². The predicted molar refractivity (Wildman–Crippen MR) is 87.6 cm³/mol. The molecule has 0 saturated heterocycles. The van der Waals surface area contributed by atoms with Gasteiger partial charge in [-0.1, -0.05) is 12.1 Å². The fourth-order valence-electron chi connectivity index (χ4n) is 2.20. The van der Waals surface area contributed by atoms with E-state index < -0.39 is 0 Å². The molecule has 5 nitrogen and oxygen atoms in total. The molecule has 0 spiro atoms. The number of carbonyl (C=O) groups excluding carboxylic acids is 1. The highest BCUT2D eigenvalue weighted by Gasteiger charge is 2.13. The van der Waals surface area contributed by atoms with E-state index >= 15 is 0 Å². The summed E-state index contributed by atoms with van der Waals surface area (Å²) in [5, 5.41) is 11.9. The zero-order chi connectivity index (χ0) is 16.8. The standard InChI is InChI=1S/C18H23NO4/c1-12(2)22-16-6-4-14(5-7-16)8-9-19-18(21)17-10-15(11-20)13(3)23-17/h4-7,10,12,20H,8-9,11H2,1-3H3,(H,19,21). The van der Waals surface area contributed by atoms with Gasteiger partial charge in [0.2, 0.25) is 0 Å². The quantitative estimate of drug-likeness (QED) is 0.824. The van der Waals surface area contributed by atoms with Crippen molar-refractivity contribution in [2.45, 2.75) is 39.9 Å². The Balaban J connectivity index is 1.83. The van der Waals surface area contributed by atoms with Gasteiger partial charge in [0.1, 0.15) is 11.5 Å². The summed E-state index contributed by atoms with van der Waals surface area (Å²) in [7, 11) is 0. The molecule has 2 N–H and O–H groups in total. The highest BCUT2D eigenvalue weighted by Crippen LogP contribution is 2.15. The summed E-state index contributed by atoms with van der Waals surface area (Å²) < 4.78 is 10.9. The molecular formula is C18H23NO4. The van der Waals surface area contributed by atoms with E-state index in [9.17, 15) is 4.79 Å². The largest absolute Gasteiger partial charge is 0.491 e. The van der Waals surface area contributed by atoms with Crippen LogP contribution >= 0.6 is 0 Å². The number of hydrogen-bond acceptors (Lipinski definition) is 4. The average molecular weight is 317 g/mol. The van der Waals surface area contributed by atoms with E-state index in [0.717, 1.165) is 17.7 Å². The molecule has 5 heteroatoms. The Morgan fingerprint density at radius 2 is 2.00 bits per heavy atom. The lowest BCUT2D eigenvalue weighted by atomic mass is 10.1. The number of aliphatic hydroxyl groups is 1. The molecule has 1 aromatic heterocycles. The van der Waals surface area contributed by atoms with E-state index in [2.05, 4.69) is 5.32 Å². The molecule has 0 atom stereocenters. The normalized spacial score (nSPS) is 10.8. The van der Waals surface area contributed by atoms with Gasteiger partial charge < -0.3 is 19.6 Å². The minimum Gasteiger partial charge on any atom is -0.491 e. The van der Waals surface area contributed by atoms with Gasteiger partial charge in [-0.15, -0.1) is 0 Å². The van der Waals surface area contributed by atoms with Crippen LogP contribution in [0.4, 0.5) is 0 Å². The Labute approximate surface area is 136 Å². The van der Waals surface area contributed by atoms with Crippen molar-refractivity contribution in [3.63, 3.8) is 0 Å². The van der Waals surface area contributed by atoms with E-state index in [0.29, 0.717) is 17.9 Å². The Bertz CT molecular complexity index is 644. The first-order valence-corrected chi connectivity index (χ1v) is 7.73. The molecule has 0 aliphatic heterocycles. The summed E-state index contributed by atoms with van der Waals surface area (Å²) in [6.45, 7) is 6.08. The molecule has 0 unspecified atom stereocenters. The molecule has 124 valence electrons. The molecule has 0 fully saturated rings. The van der Waals surface area contributed by atoms with Crippen LogP contribution in [-0.2, 0) is 13.0 Å². The van der Waals surface area contributed by atoms with Crippen LogP contribution in [0.3, 0.4) is 0 Å². The first kappa shape index (κ1) is 17.1. The summed E-state index contributed by atoms with van der Waals surface area (Å²) >= 11 is 0. The van der Waals surface area contributed by atoms with Gasteiger partial charge in [0.05, 0.1) is 12.7 Å². The molecule has 1 heterocycles. The third kappa shape index (κ3) is 4.86. The molecule has 1 amide bonds. The number of rotatable bonds is 7. The minimum atomic E-state index is -0.271. The fourth-order valence-corrected chi connectivity index (χ4v) is 2.20. The molecule has 2 aromatic rings. The number of hydrogen-bond donors (Lipinski definition) is 2. The first-order valence-electron chi connectivity index (χ1n) is 7.73. The van der Waals surface area contributed by atoms with E-state index in [1.54, 1.807) is 13.0 Å².